The van der Waals surface area contributed by atoms with Crippen molar-refractivity contribution in [3.8, 4) is 5.75 Å². The number of nitrogens with zero attached hydrogens (tertiary/aromatic N) is 1. The van der Waals surface area contributed by atoms with Crippen LogP contribution in [-0.2, 0) is 4.79 Å². The quantitative estimate of drug-likeness (QED) is 0.908. The minimum Gasteiger partial charge on any atom is -0.482 e. The highest BCUT2D eigenvalue weighted by Gasteiger charge is 2.23. The van der Waals surface area contributed by atoms with Crippen molar-refractivity contribution >= 4 is 23.2 Å². The molecule has 1 aromatic rings. The Hall–Kier alpha value is -1.56. The fourth-order valence-electron chi connectivity index (χ4n) is 2.66. The third kappa shape index (κ3) is 3.97. The molecule has 0 atom stereocenters. The monoisotopic (exact) mass is 311 g/mol. The van der Waals surface area contributed by atoms with Crippen molar-refractivity contribution in [2.75, 3.05) is 13.7 Å². The van der Waals surface area contributed by atoms with E-state index in [0.717, 1.165) is 41.9 Å². The number of aromatic carboxylic acids is 1. The highest BCUT2D eigenvalue weighted by molar-refractivity contribution is 7.14. The number of carbonyl (C=O) groups is 2. The first-order chi connectivity index (χ1) is 9.99. The summed E-state index contributed by atoms with van der Waals surface area (Å²) in [4.78, 5) is 26.0. The van der Waals surface area contributed by atoms with Crippen LogP contribution in [0.15, 0.2) is 6.07 Å². The van der Waals surface area contributed by atoms with Crippen molar-refractivity contribution in [2.45, 2.75) is 45.1 Å². The number of ether oxygens (including phenoxy) is 1. The molecule has 2 rings (SSSR count). The number of hydrogen-bond acceptors (Lipinski definition) is 4. The molecule has 0 bridgehead atoms. The summed E-state index contributed by atoms with van der Waals surface area (Å²) in [7, 11) is 1.80. The summed E-state index contributed by atoms with van der Waals surface area (Å²) in [5, 5.41) is 9.09. The SMILES string of the molecule is Cc1cc(OCC(=O)N(C)C2CCCCC2)c(C(=O)O)s1. The van der Waals surface area contributed by atoms with Crippen LogP contribution in [0.1, 0.15) is 46.7 Å². The van der Waals surface area contributed by atoms with Crippen molar-refractivity contribution in [3.05, 3.63) is 15.8 Å². The van der Waals surface area contributed by atoms with E-state index in [4.69, 9.17) is 9.84 Å². The van der Waals surface area contributed by atoms with E-state index in [1.165, 1.54) is 6.42 Å². The first-order valence-corrected chi connectivity index (χ1v) is 8.03. The lowest BCUT2D eigenvalue weighted by Gasteiger charge is -2.31. The molecule has 1 fully saturated rings. The van der Waals surface area contributed by atoms with Crippen LogP contribution >= 0.6 is 11.3 Å². The second-order valence-electron chi connectivity index (χ2n) is 5.44. The van der Waals surface area contributed by atoms with Gasteiger partial charge in [-0.1, -0.05) is 19.3 Å². The van der Waals surface area contributed by atoms with Gasteiger partial charge in [0, 0.05) is 18.0 Å². The lowest BCUT2D eigenvalue weighted by molar-refractivity contribution is -0.134. The first-order valence-electron chi connectivity index (χ1n) is 7.21. The smallest absolute Gasteiger partial charge is 0.349 e. The summed E-state index contributed by atoms with van der Waals surface area (Å²) in [5.74, 6) is -0.825. The van der Waals surface area contributed by atoms with Crippen molar-refractivity contribution in [1.29, 1.82) is 0 Å². The summed E-state index contributed by atoms with van der Waals surface area (Å²) < 4.78 is 5.43. The molecule has 0 spiro atoms. The predicted octanol–water partition coefficient (Wildman–Crippen LogP) is 2.92. The van der Waals surface area contributed by atoms with Gasteiger partial charge in [-0.25, -0.2) is 4.79 Å². The average Bonchev–Trinajstić information content (AvgIpc) is 2.86. The van der Waals surface area contributed by atoms with Crippen LogP contribution in [-0.4, -0.2) is 41.6 Å². The van der Waals surface area contributed by atoms with Gasteiger partial charge < -0.3 is 14.7 Å². The molecular formula is C15H21NO4S. The Kier molecular flexibility index (Phi) is 5.22. The molecule has 0 saturated heterocycles. The van der Waals surface area contributed by atoms with E-state index in [1.807, 2.05) is 6.92 Å². The summed E-state index contributed by atoms with van der Waals surface area (Å²) in [6.07, 6.45) is 5.65. The second kappa shape index (κ2) is 6.93. The number of carboxylic acids is 1. The Balaban J connectivity index is 1.93. The number of rotatable bonds is 5. The largest absolute Gasteiger partial charge is 0.482 e. The van der Waals surface area contributed by atoms with Gasteiger partial charge in [0.1, 0.15) is 5.75 Å². The van der Waals surface area contributed by atoms with Crippen LogP contribution in [0.3, 0.4) is 0 Å². The Morgan fingerprint density at radius 1 is 1.38 bits per heavy atom. The minimum atomic E-state index is -1.02. The number of amides is 1. The zero-order valence-electron chi connectivity index (χ0n) is 12.4. The lowest BCUT2D eigenvalue weighted by atomic mass is 9.94. The molecule has 1 saturated carbocycles. The summed E-state index contributed by atoms with van der Waals surface area (Å²) in [6, 6.07) is 1.96. The minimum absolute atomic E-state index is 0.0953. The van der Waals surface area contributed by atoms with Crippen LogP contribution in [0.2, 0.25) is 0 Å². The molecule has 1 aliphatic rings. The molecule has 0 aliphatic heterocycles. The number of carboxylic acid groups (broad SMARTS) is 1. The van der Waals surface area contributed by atoms with Gasteiger partial charge in [-0.3, -0.25) is 4.79 Å². The molecule has 0 aromatic carbocycles. The summed E-state index contributed by atoms with van der Waals surface area (Å²) in [5.41, 5.74) is 0. The molecule has 0 unspecified atom stereocenters. The zero-order chi connectivity index (χ0) is 15.4. The molecule has 1 N–H and O–H groups in total. The van der Waals surface area contributed by atoms with Gasteiger partial charge in [0.2, 0.25) is 0 Å². The fourth-order valence-corrected chi connectivity index (χ4v) is 3.45. The summed E-state index contributed by atoms with van der Waals surface area (Å²) >= 11 is 1.16. The van der Waals surface area contributed by atoms with Crippen LogP contribution in [0.25, 0.3) is 0 Å². The van der Waals surface area contributed by atoms with Gasteiger partial charge >= 0.3 is 5.97 Å². The van der Waals surface area contributed by atoms with E-state index >= 15 is 0 Å². The molecular weight excluding hydrogens is 290 g/mol. The molecule has 116 valence electrons. The molecule has 1 aromatic heterocycles. The maximum atomic E-state index is 12.2. The van der Waals surface area contributed by atoms with E-state index in [-0.39, 0.29) is 29.2 Å². The number of hydrogen-bond donors (Lipinski definition) is 1. The van der Waals surface area contributed by atoms with Gasteiger partial charge in [0.05, 0.1) is 0 Å². The third-order valence-corrected chi connectivity index (χ3v) is 4.90. The second-order valence-corrected chi connectivity index (χ2v) is 6.70. The van der Waals surface area contributed by atoms with Crippen LogP contribution in [0, 0.1) is 6.92 Å². The van der Waals surface area contributed by atoms with Crippen molar-refractivity contribution in [2.24, 2.45) is 0 Å². The molecule has 1 heterocycles. The molecule has 21 heavy (non-hydrogen) atoms. The lowest BCUT2D eigenvalue weighted by Crippen LogP contribution is -2.40. The van der Waals surface area contributed by atoms with Crippen LogP contribution < -0.4 is 4.74 Å². The Morgan fingerprint density at radius 3 is 2.67 bits per heavy atom. The third-order valence-electron chi connectivity index (χ3n) is 3.88. The number of thiophene rings is 1. The predicted molar refractivity (Wildman–Crippen MR) is 81.2 cm³/mol. The standard InChI is InChI=1S/C15H21NO4S/c1-10-8-12(14(21-10)15(18)19)20-9-13(17)16(2)11-6-4-3-5-7-11/h8,11H,3-7,9H2,1-2H3,(H,18,19). The molecule has 5 nitrogen and oxygen atoms in total. The Bertz CT molecular complexity index is 520. The van der Waals surface area contributed by atoms with Crippen LogP contribution in [0.4, 0.5) is 0 Å². The number of likely N-dealkylation sites (N-methyl/N-ethyl adjacent to an activating group) is 1. The normalized spacial score (nSPS) is 15.7. The number of aryl methyl sites for hydroxylation is 1. The van der Waals surface area contributed by atoms with Crippen LogP contribution in [0.5, 0.6) is 5.75 Å². The highest BCUT2D eigenvalue weighted by atomic mass is 32.1. The topological polar surface area (TPSA) is 66.8 Å². The van der Waals surface area contributed by atoms with Gasteiger partial charge in [-0.2, -0.15) is 0 Å². The molecule has 6 heteroatoms. The maximum absolute atomic E-state index is 12.2. The molecule has 1 aliphatic carbocycles. The zero-order valence-corrected chi connectivity index (χ0v) is 13.2. The van der Waals surface area contributed by atoms with Crippen molar-refractivity contribution < 1.29 is 19.4 Å². The van der Waals surface area contributed by atoms with Gasteiger partial charge in [0.15, 0.2) is 11.5 Å². The van der Waals surface area contributed by atoms with Gasteiger partial charge in [-0.15, -0.1) is 11.3 Å². The average molecular weight is 311 g/mol. The van der Waals surface area contributed by atoms with Crippen molar-refractivity contribution in [1.82, 2.24) is 4.90 Å². The summed E-state index contributed by atoms with van der Waals surface area (Å²) in [6.45, 7) is 1.71. The Labute approximate surface area is 128 Å². The van der Waals surface area contributed by atoms with E-state index < -0.39 is 5.97 Å². The van der Waals surface area contributed by atoms with Crippen molar-refractivity contribution in [3.63, 3.8) is 0 Å². The van der Waals surface area contributed by atoms with E-state index in [0.29, 0.717) is 0 Å². The maximum Gasteiger partial charge on any atom is 0.349 e. The van der Waals surface area contributed by atoms with E-state index in [2.05, 4.69) is 0 Å². The fraction of sp³-hybridized carbons (Fsp3) is 0.600. The number of carbonyl (C=O) groups excluding carboxylic acids is 1. The molecule has 1 amide bonds. The van der Waals surface area contributed by atoms with E-state index in [1.54, 1.807) is 18.0 Å². The highest BCUT2D eigenvalue weighted by Crippen LogP contribution is 2.29. The Morgan fingerprint density at radius 2 is 2.05 bits per heavy atom. The molecule has 0 radical (unpaired) electrons. The van der Waals surface area contributed by atoms with E-state index in [9.17, 15) is 9.59 Å². The van der Waals surface area contributed by atoms with Gasteiger partial charge in [0.25, 0.3) is 5.91 Å². The van der Waals surface area contributed by atoms with Gasteiger partial charge in [-0.05, 0) is 25.8 Å². The first kappa shape index (κ1) is 15.8.